The van der Waals surface area contributed by atoms with Gasteiger partial charge in [-0.3, -0.25) is 4.79 Å². The maximum Gasteiger partial charge on any atom is 0.239 e. The molecular formula is C13H26N2O2. The molecule has 0 radical (unpaired) electrons. The van der Waals surface area contributed by atoms with Crippen molar-refractivity contribution in [3.8, 4) is 0 Å². The van der Waals surface area contributed by atoms with Gasteiger partial charge in [-0.25, -0.2) is 0 Å². The minimum absolute atomic E-state index is 0.0303. The van der Waals surface area contributed by atoms with E-state index in [9.17, 15) is 4.79 Å². The molecule has 4 heteroatoms. The lowest BCUT2D eigenvalue weighted by Crippen LogP contribution is -2.51. The quantitative estimate of drug-likeness (QED) is 0.734. The third kappa shape index (κ3) is 5.04. The van der Waals surface area contributed by atoms with E-state index in [0.717, 1.165) is 38.9 Å². The Labute approximate surface area is 105 Å². The highest BCUT2D eigenvalue weighted by Gasteiger charge is 2.27. The van der Waals surface area contributed by atoms with Crippen LogP contribution in [0.25, 0.3) is 0 Å². The van der Waals surface area contributed by atoms with E-state index in [1.807, 2.05) is 18.7 Å². The van der Waals surface area contributed by atoms with Gasteiger partial charge in [0.2, 0.25) is 5.91 Å². The largest absolute Gasteiger partial charge is 0.377 e. The van der Waals surface area contributed by atoms with Crippen molar-refractivity contribution < 1.29 is 9.53 Å². The first-order chi connectivity index (χ1) is 8.15. The number of likely N-dealkylation sites (tertiary alicyclic amines) is 1. The first kappa shape index (κ1) is 14.5. The van der Waals surface area contributed by atoms with Gasteiger partial charge in [-0.2, -0.15) is 0 Å². The van der Waals surface area contributed by atoms with Crippen LogP contribution in [0.3, 0.4) is 0 Å². The zero-order chi connectivity index (χ0) is 12.7. The Morgan fingerprint density at radius 3 is 2.94 bits per heavy atom. The van der Waals surface area contributed by atoms with Crippen LogP contribution in [0.5, 0.6) is 0 Å². The first-order valence-electron chi connectivity index (χ1n) is 6.79. The molecule has 1 rings (SSSR count). The molecule has 0 saturated carbocycles. The van der Waals surface area contributed by atoms with Crippen LogP contribution in [0.2, 0.25) is 0 Å². The molecule has 1 amide bonds. The summed E-state index contributed by atoms with van der Waals surface area (Å²) >= 11 is 0. The van der Waals surface area contributed by atoms with Gasteiger partial charge in [-0.1, -0.05) is 6.92 Å². The van der Waals surface area contributed by atoms with Gasteiger partial charge in [-0.15, -0.1) is 0 Å². The maximum absolute atomic E-state index is 12.1. The highest BCUT2D eigenvalue weighted by atomic mass is 16.5. The lowest BCUT2D eigenvalue weighted by atomic mass is 10.0. The number of amides is 1. The van der Waals surface area contributed by atoms with Crippen LogP contribution < -0.4 is 5.32 Å². The summed E-state index contributed by atoms with van der Waals surface area (Å²) in [5.41, 5.74) is 0. The van der Waals surface area contributed by atoms with E-state index in [4.69, 9.17) is 4.74 Å². The molecule has 1 aliphatic rings. The number of rotatable bonds is 7. The molecule has 0 bridgehead atoms. The molecule has 4 nitrogen and oxygen atoms in total. The van der Waals surface area contributed by atoms with E-state index in [1.54, 1.807) is 0 Å². The normalized spacial score (nSPS) is 21.3. The fourth-order valence-electron chi connectivity index (χ4n) is 2.07. The zero-order valence-corrected chi connectivity index (χ0v) is 11.4. The summed E-state index contributed by atoms with van der Waals surface area (Å²) in [6.07, 6.45) is 3.37. The van der Waals surface area contributed by atoms with Crippen LogP contribution in [-0.2, 0) is 9.53 Å². The number of piperidine rings is 1. The van der Waals surface area contributed by atoms with Crippen molar-refractivity contribution in [3.05, 3.63) is 0 Å². The molecule has 0 aromatic rings. The number of ether oxygens (including phenoxy) is 1. The van der Waals surface area contributed by atoms with Crippen LogP contribution in [-0.4, -0.2) is 49.2 Å². The Kier molecular flexibility index (Phi) is 6.52. The molecular weight excluding hydrogens is 216 g/mol. The Hall–Kier alpha value is -0.610. The summed E-state index contributed by atoms with van der Waals surface area (Å²) < 4.78 is 5.49. The third-order valence-electron chi connectivity index (χ3n) is 2.98. The average Bonchev–Trinajstić information content (AvgIpc) is 2.29. The summed E-state index contributed by atoms with van der Waals surface area (Å²) in [6.45, 7) is 9.32. The average molecular weight is 242 g/mol. The number of hydrogen-bond donors (Lipinski definition) is 1. The van der Waals surface area contributed by atoms with E-state index >= 15 is 0 Å². The van der Waals surface area contributed by atoms with Crippen molar-refractivity contribution in [3.63, 3.8) is 0 Å². The van der Waals surface area contributed by atoms with E-state index < -0.39 is 0 Å². The van der Waals surface area contributed by atoms with Gasteiger partial charge < -0.3 is 15.0 Å². The molecule has 1 heterocycles. The summed E-state index contributed by atoms with van der Waals surface area (Å²) in [7, 11) is 0. The van der Waals surface area contributed by atoms with Crippen LogP contribution in [0.4, 0.5) is 0 Å². The predicted molar refractivity (Wildman–Crippen MR) is 69.0 cm³/mol. The van der Waals surface area contributed by atoms with Gasteiger partial charge in [0, 0.05) is 13.1 Å². The minimum atomic E-state index is 0.0303. The molecule has 1 fully saturated rings. The highest BCUT2D eigenvalue weighted by Crippen LogP contribution is 2.11. The summed E-state index contributed by atoms with van der Waals surface area (Å²) in [5.74, 6) is 0.247. The number of carbonyl (C=O) groups excluding carboxylic acids is 1. The second-order valence-corrected chi connectivity index (χ2v) is 4.89. The smallest absolute Gasteiger partial charge is 0.239 e. The summed E-state index contributed by atoms with van der Waals surface area (Å²) in [6, 6.07) is 0.0303. The van der Waals surface area contributed by atoms with Crippen LogP contribution in [0.1, 0.15) is 40.0 Å². The van der Waals surface area contributed by atoms with E-state index in [-0.39, 0.29) is 18.1 Å². The molecule has 1 unspecified atom stereocenters. The zero-order valence-electron chi connectivity index (χ0n) is 11.4. The fourth-order valence-corrected chi connectivity index (χ4v) is 2.07. The lowest BCUT2D eigenvalue weighted by molar-refractivity contribution is -0.137. The first-order valence-corrected chi connectivity index (χ1v) is 6.79. The van der Waals surface area contributed by atoms with Crippen molar-refractivity contribution in [2.45, 2.75) is 52.2 Å². The number of nitrogens with zero attached hydrogens (tertiary/aromatic N) is 1. The molecule has 1 N–H and O–H groups in total. The van der Waals surface area contributed by atoms with Crippen molar-refractivity contribution in [2.24, 2.45) is 0 Å². The van der Waals surface area contributed by atoms with Gasteiger partial charge >= 0.3 is 0 Å². The summed E-state index contributed by atoms with van der Waals surface area (Å²) in [4.78, 5) is 14.0. The van der Waals surface area contributed by atoms with Gasteiger partial charge in [0.1, 0.15) is 0 Å². The van der Waals surface area contributed by atoms with Crippen molar-refractivity contribution in [1.29, 1.82) is 0 Å². The van der Waals surface area contributed by atoms with E-state index in [2.05, 4.69) is 12.2 Å². The van der Waals surface area contributed by atoms with Crippen LogP contribution in [0.15, 0.2) is 0 Å². The van der Waals surface area contributed by atoms with Crippen molar-refractivity contribution in [2.75, 3.05) is 26.2 Å². The Bertz CT molecular complexity index is 231. The van der Waals surface area contributed by atoms with Gasteiger partial charge in [0.25, 0.3) is 0 Å². The number of carbonyl (C=O) groups is 1. The molecule has 1 saturated heterocycles. The minimum Gasteiger partial charge on any atom is -0.377 e. The molecule has 17 heavy (non-hydrogen) atoms. The van der Waals surface area contributed by atoms with Crippen molar-refractivity contribution >= 4 is 5.91 Å². The van der Waals surface area contributed by atoms with Gasteiger partial charge in [-0.05, 0) is 39.7 Å². The molecule has 0 spiro atoms. The molecule has 0 aliphatic carbocycles. The second-order valence-electron chi connectivity index (χ2n) is 4.89. The predicted octanol–water partition coefficient (Wildman–Crippen LogP) is 1.40. The second kappa shape index (κ2) is 7.67. The summed E-state index contributed by atoms with van der Waals surface area (Å²) in [5, 5.41) is 3.32. The van der Waals surface area contributed by atoms with Gasteiger partial charge in [0.15, 0.2) is 0 Å². The van der Waals surface area contributed by atoms with Crippen molar-refractivity contribution in [1.82, 2.24) is 10.2 Å². The number of nitrogens with one attached hydrogen (secondary N) is 1. The molecule has 1 atom stereocenters. The monoisotopic (exact) mass is 242 g/mol. The standard InChI is InChI=1S/C13H26N2O2/c1-4-7-14-12-6-5-8-15(13(12)16)9-10-17-11(2)3/h11-12,14H,4-10H2,1-3H3. The Morgan fingerprint density at radius 2 is 2.29 bits per heavy atom. The number of hydrogen-bond acceptors (Lipinski definition) is 3. The van der Waals surface area contributed by atoms with Crippen LogP contribution >= 0.6 is 0 Å². The van der Waals surface area contributed by atoms with Gasteiger partial charge in [0.05, 0.1) is 18.8 Å². The van der Waals surface area contributed by atoms with E-state index in [0.29, 0.717) is 6.61 Å². The topological polar surface area (TPSA) is 41.6 Å². The Morgan fingerprint density at radius 1 is 1.53 bits per heavy atom. The van der Waals surface area contributed by atoms with E-state index in [1.165, 1.54) is 0 Å². The molecule has 100 valence electrons. The lowest BCUT2D eigenvalue weighted by Gasteiger charge is -2.32. The molecule has 1 aliphatic heterocycles. The Balaban J connectivity index is 2.31. The molecule has 0 aromatic heterocycles. The maximum atomic E-state index is 12.1. The third-order valence-corrected chi connectivity index (χ3v) is 2.98. The highest BCUT2D eigenvalue weighted by molar-refractivity contribution is 5.82. The SMILES string of the molecule is CCCNC1CCCN(CCOC(C)C)C1=O. The fraction of sp³-hybridized carbons (Fsp3) is 0.923. The van der Waals surface area contributed by atoms with Crippen LogP contribution in [0, 0.1) is 0 Å². The molecule has 0 aromatic carbocycles.